The normalized spacial score (nSPS) is 10.5. The van der Waals surface area contributed by atoms with E-state index in [1.165, 1.54) is 29.2 Å². The Morgan fingerprint density at radius 1 is 1.13 bits per heavy atom. The molecule has 0 aliphatic rings. The molecule has 10 heteroatoms. The van der Waals surface area contributed by atoms with Gasteiger partial charge < -0.3 is 20.1 Å². The predicted molar refractivity (Wildman–Crippen MR) is 117 cm³/mol. The van der Waals surface area contributed by atoms with Crippen LogP contribution in [0.25, 0.3) is 0 Å². The first-order valence-electron chi connectivity index (χ1n) is 9.04. The zero-order chi connectivity index (χ0) is 21.3. The molecular weight excluding hydrogens is 427 g/mol. The third kappa shape index (κ3) is 6.07. The third-order valence-electron chi connectivity index (χ3n) is 4.03. The van der Waals surface area contributed by atoms with Gasteiger partial charge in [-0.05, 0) is 36.2 Å². The molecule has 0 unspecified atom stereocenters. The Morgan fingerprint density at radius 3 is 2.70 bits per heavy atom. The number of rotatable bonds is 10. The van der Waals surface area contributed by atoms with Gasteiger partial charge in [-0.15, -0.1) is 10.2 Å². The molecule has 30 heavy (non-hydrogen) atoms. The van der Waals surface area contributed by atoms with Crippen molar-refractivity contribution < 1.29 is 18.7 Å². The lowest BCUT2D eigenvalue weighted by Gasteiger charge is -2.10. The van der Waals surface area contributed by atoms with Gasteiger partial charge >= 0.3 is 0 Å². The van der Waals surface area contributed by atoms with Gasteiger partial charge in [0.2, 0.25) is 11.0 Å². The summed E-state index contributed by atoms with van der Waals surface area (Å²) >= 11 is 2.55. The highest BCUT2D eigenvalue weighted by Crippen LogP contribution is 2.29. The second-order valence-electron chi connectivity index (χ2n) is 6.06. The topological polar surface area (TPSA) is 85.4 Å². The molecule has 0 saturated heterocycles. The molecule has 0 aliphatic heterocycles. The van der Waals surface area contributed by atoms with Gasteiger partial charge in [0, 0.05) is 6.54 Å². The SMILES string of the molecule is COc1ccc(CCNC(=O)CSc2nnc(Nc3ccccc3F)s2)cc1OC. The quantitative estimate of drug-likeness (QED) is 0.455. The number of halogens is 1. The summed E-state index contributed by atoms with van der Waals surface area (Å²) in [6.45, 7) is 0.505. The van der Waals surface area contributed by atoms with Crippen LogP contribution in [0.5, 0.6) is 11.5 Å². The van der Waals surface area contributed by atoms with Crippen LogP contribution in [-0.4, -0.2) is 42.6 Å². The Labute approximate surface area is 182 Å². The predicted octanol–water partition coefficient (Wildman–Crippen LogP) is 3.89. The molecule has 0 saturated carbocycles. The Hall–Kier alpha value is -2.85. The highest BCUT2D eigenvalue weighted by molar-refractivity contribution is 8.01. The number of hydrogen-bond donors (Lipinski definition) is 2. The fourth-order valence-corrected chi connectivity index (χ4v) is 4.15. The van der Waals surface area contributed by atoms with Crippen LogP contribution in [0.15, 0.2) is 46.8 Å². The summed E-state index contributed by atoms with van der Waals surface area (Å²) in [4.78, 5) is 12.1. The summed E-state index contributed by atoms with van der Waals surface area (Å²) in [5.41, 5.74) is 1.37. The molecule has 0 bridgehead atoms. The molecule has 0 spiro atoms. The van der Waals surface area contributed by atoms with E-state index in [9.17, 15) is 9.18 Å². The van der Waals surface area contributed by atoms with Crippen LogP contribution in [0.1, 0.15) is 5.56 Å². The second-order valence-corrected chi connectivity index (χ2v) is 8.26. The van der Waals surface area contributed by atoms with E-state index in [0.717, 1.165) is 5.56 Å². The minimum absolute atomic E-state index is 0.0979. The fourth-order valence-electron chi connectivity index (χ4n) is 2.56. The van der Waals surface area contributed by atoms with Crippen LogP contribution in [0.4, 0.5) is 15.2 Å². The van der Waals surface area contributed by atoms with E-state index >= 15 is 0 Å². The minimum atomic E-state index is -0.365. The number of amides is 1. The number of para-hydroxylation sites is 1. The summed E-state index contributed by atoms with van der Waals surface area (Å²) in [7, 11) is 3.18. The van der Waals surface area contributed by atoms with Crippen molar-refractivity contribution >= 4 is 39.8 Å². The van der Waals surface area contributed by atoms with E-state index < -0.39 is 0 Å². The van der Waals surface area contributed by atoms with Crippen molar-refractivity contribution in [1.29, 1.82) is 0 Å². The van der Waals surface area contributed by atoms with Gasteiger partial charge in [0.25, 0.3) is 0 Å². The average Bonchev–Trinajstić information content (AvgIpc) is 3.21. The number of thioether (sulfide) groups is 1. The Morgan fingerprint density at radius 2 is 1.93 bits per heavy atom. The number of benzene rings is 2. The van der Waals surface area contributed by atoms with Gasteiger partial charge in [0.05, 0.1) is 25.7 Å². The molecule has 0 atom stereocenters. The van der Waals surface area contributed by atoms with Crippen LogP contribution in [-0.2, 0) is 11.2 Å². The maximum atomic E-state index is 13.7. The van der Waals surface area contributed by atoms with Gasteiger partial charge in [-0.2, -0.15) is 0 Å². The van der Waals surface area contributed by atoms with Gasteiger partial charge in [-0.3, -0.25) is 4.79 Å². The molecule has 3 rings (SSSR count). The smallest absolute Gasteiger partial charge is 0.230 e. The highest BCUT2D eigenvalue weighted by atomic mass is 32.2. The molecule has 7 nitrogen and oxygen atoms in total. The van der Waals surface area contributed by atoms with Gasteiger partial charge in [-0.25, -0.2) is 4.39 Å². The number of aromatic nitrogens is 2. The molecule has 1 aromatic heterocycles. The summed E-state index contributed by atoms with van der Waals surface area (Å²) in [5, 5.41) is 14.2. The van der Waals surface area contributed by atoms with Gasteiger partial charge in [-0.1, -0.05) is 41.3 Å². The maximum Gasteiger partial charge on any atom is 0.230 e. The number of carbonyl (C=O) groups is 1. The monoisotopic (exact) mass is 448 g/mol. The van der Waals surface area contributed by atoms with Crippen molar-refractivity contribution in [2.45, 2.75) is 10.8 Å². The standard InChI is InChI=1S/C20H21FN4O3S2/c1-27-16-8-7-13(11-17(16)28-2)9-10-22-18(26)12-29-20-25-24-19(30-20)23-15-6-4-3-5-14(15)21/h3-8,11H,9-10,12H2,1-2H3,(H,22,26)(H,23,24). The second kappa shape index (κ2) is 10.8. The molecule has 2 aromatic carbocycles. The zero-order valence-corrected chi connectivity index (χ0v) is 18.1. The molecule has 2 N–H and O–H groups in total. The van der Waals surface area contributed by atoms with Crippen LogP contribution >= 0.6 is 23.1 Å². The van der Waals surface area contributed by atoms with Crippen LogP contribution in [0, 0.1) is 5.82 Å². The molecule has 158 valence electrons. The van der Waals surface area contributed by atoms with E-state index in [1.54, 1.807) is 32.4 Å². The van der Waals surface area contributed by atoms with E-state index in [1.807, 2.05) is 18.2 Å². The minimum Gasteiger partial charge on any atom is -0.493 e. The van der Waals surface area contributed by atoms with E-state index in [2.05, 4.69) is 20.8 Å². The first-order chi connectivity index (χ1) is 14.6. The first kappa shape index (κ1) is 21.8. The number of anilines is 2. The van der Waals surface area contributed by atoms with Crippen molar-refractivity contribution in [3.8, 4) is 11.5 Å². The number of hydrogen-bond acceptors (Lipinski definition) is 8. The molecular formula is C20H21FN4O3S2. The fraction of sp³-hybridized carbons (Fsp3) is 0.250. The number of carbonyl (C=O) groups excluding carboxylic acids is 1. The average molecular weight is 449 g/mol. The molecule has 1 amide bonds. The summed E-state index contributed by atoms with van der Waals surface area (Å²) in [6.07, 6.45) is 0.673. The Kier molecular flexibility index (Phi) is 7.86. The van der Waals surface area contributed by atoms with E-state index in [4.69, 9.17) is 9.47 Å². The van der Waals surface area contributed by atoms with Crippen LogP contribution in [0.3, 0.4) is 0 Å². The summed E-state index contributed by atoms with van der Waals surface area (Å²) < 4.78 is 24.8. The number of nitrogens with one attached hydrogen (secondary N) is 2. The number of nitrogens with zero attached hydrogens (tertiary/aromatic N) is 2. The van der Waals surface area contributed by atoms with E-state index in [-0.39, 0.29) is 17.5 Å². The van der Waals surface area contributed by atoms with Gasteiger partial charge in [0.1, 0.15) is 5.82 Å². The number of ether oxygens (including phenoxy) is 2. The van der Waals surface area contributed by atoms with Crippen molar-refractivity contribution in [1.82, 2.24) is 15.5 Å². The maximum absolute atomic E-state index is 13.7. The molecule has 3 aromatic rings. The Balaban J connectivity index is 1.42. The molecule has 0 radical (unpaired) electrons. The molecule has 1 heterocycles. The van der Waals surface area contributed by atoms with E-state index in [0.29, 0.717) is 39.6 Å². The van der Waals surface area contributed by atoms with Crippen molar-refractivity contribution in [3.63, 3.8) is 0 Å². The third-order valence-corrected chi connectivity index (χ3v) is 6.00. The lowest BCUT2D eigenvalue weighted by molar-refractivity contribution is -0.118. The zero-order valence-electron chi connectivity index (χ0n) is 16.5. The summed E-state index contributed by atoms with van der Waals surface area (Å²) in [6, 6.07) is 12.0. The molecule has 0 aliphatic carbocycles. The van der Waals surface area contributed by atoms with Crippen molar-refractivity contribution in [2.24, 2.45) is 0 Å². The highest BCUT2D eigenvalue weighted by Gasteiger charge is 2.10. The van der Waals surface area contributed by atoms with Crippen LogP contribution in [0.2, 0.25) is 0 Å². The summed E-state index contributed by atoms with van der Waals surface area (Å²) in [5.74, 6) is 1.09. The largest absolute Gasteiger partial charge is 0.493 e. The first-order valence-corrected chi connectivity index (χ1v) is 10.8. The lowest BCUT2D eigenvalue weighted by Crippen LogP contribution is -2.27. The van der Waals surface area contributed by atoms with Crippen LogP contribution < -0.4 is 20.1 Å². The number of methoxy groups -OCH3 is 2. The lowest BCUT2D eigenvalue weighted by atomic mass is 10.1. The molecule has 0 fully saturated rings. The van der Waals surface area contributed by atoms with Crippen molar-refractivity contribution in [3.05, 3.63) is 53.8 Å². The van der Waals surface area contributed by atoms with Crippen molar-refractivity contribution in [2.75, 3.05) is 31.8 Å². The van der Waals surface area contributed by atoms with Gasteiger partial charge in [0.15, 0.2) is 15.8 Å². The Bertz CT molecular complexity index is 1000.